The van der Waals surface area contributed by atoms with Gasteiger partial charge in [-0.25, -0.2) is 0 Å². The van der Waals surface area contributed by atoms with Crippen molar-refractivity contribution in [1.29, 1.82) is 0 Å². The summed E-state index contributed by atoms with van der Waals surface area (Å²) in [6.07, 6.45) is 0.226. The molecule has 2 rings (SSSR count). The van der Waals surface area contributed by atoms with Crippen LogP contribution in [-0.4, -0.2) is 12.0 Å². The van der Waals surface area contributed by atoms with E-state index in [2.05, 4.69) is 21.2 Å². The normalized spacial score (nSPS) is 10.7. The summed E-state index contributed by atoms with van der Waals surface area (Å²) in [4.78, 5) is 12.1. The number of hydrogen-bond donors (Lipinski definition) is 1. The molecular formula is C18H20BrNO2. The lowest BCUT2D eigenvalue weighted by Crippen LogP contribution is -2.22. The summed E-state index contributed by atoms with van der Waals surface area (Å²) in [5, 5.41) is 2.92. The minimum atomic E-state index is -0.0754. The third-order valence-electron chi connectivity index (χ3n) is 3.15. The van der Waals surface area contributed by atoms with Crippen molar-refractivity contribution in [3.05, 3.63) is 69.7 Å². The molecule has 0 fully saturated rings. The van der Waals surface area contributed by atoms with Gasteiger partial charge in [0.25, 0.3) is 5.91 Å². The number of rotatable bonds is 6. The highest BCUT2D eigenvalue weighted by atomic mass is 79.9. The van der Waals surface area contributed by atoms with Gasteiger partial charge in [-0.05, 0) is 43.2 Å². The van der Waals surface area contributed by atoms with Gasteiger partial charge in [-0.1, -0.05) is 46.3 Å². The Bertz CT molecular complexity index is 623. The summed E-state index contributed by atoms with van der Waals surface area (Å²) in [6, 6.07) is 15.4. The lowest BCUT2D eigenvalue weighted by molar-refractivity contribution is 0.0657. The molecule has 0 aliphatic rings. The zero-order chi connectivity index (χ0) is 15.9. The Morgan fingerprint density at radius 1 is 1.14 bits per heavy atom. The summed E-state index contributed by atoms with van der Waals surface area (Å²) < 4.78 is 6.46. The Morgan fingerprint density at radius 2 is 1.82 bits per heavy atom. The second kappa shape index (κ2) is 8.11. The highest BCUT2D eigenvalue weighted by molar-refractivity contribution is 9.10. The van der Waals surface area contributed by atoms with Crippen molar-refractivity contribution in [3.8, 4) is 0 Å². The molecule has 2 aromatic carbocycles. The number of nitrogens with one attached hydrogen (secondary N) is 1. The summed E-state index contributed by atoms with van der Waals surface area (Å²) in [6.45, 7) is 5.16. The van der Waals surface area contributed by atoms with Gasteiger partial charge >= 0.3 is 0 Å². The first-order valence-electron chi connectivity index (χ1n) is 7.28. The molecule has 1 amide bonds. The van der Waals surface area contributed by atoms with Crippen LogP contribution in [0.4, 0.5) is 0 Å². The van der Waals surface area contributed by atoms with Crippen molar-refractivity contribution in [2.24, 2.45) is 0 Å². The largest absolute Gasteiger partial charge is 0.374 e. The minimum Gasteiger partial charge on any atom is -0.374 e. The van der Waals surface area contributed by atoms with Gasteiger partial charge < -0.3 is 10.1 Å². The fourth-order valence-corrected chi connectivity index (χ4v) is 2.33. The number of carbonyl (C=O) groups excluding carboxylic acids is 1. The van der Waals surface area contributed by atoms with Crippen LogP contribution in [0.15, 0.2) is 53.0 Å². The minimum absolute atomic E-state index is 0.0754. The molecule has 0 aromatic heterocycles. The zero-order valence-corrected chi connectivity index (χ0v) is 14.4. The predicted octanol–water partition coefficient (Wildman–Crippen LogP) is 4.30. The maximum absolute atomic E-state index is 12.1. The van der Waals surface area contributed by atoms with Gasteiger partial charge in [-0.15, -0.1) is 0 Å². The third kappa shape index (κ3) is 5.28. The average molecular weight is 362 g/mol. The first-order valence-corrected chi connectivity index (χ1v) is 8.07. The molecule has 0 aliphatic heterocycles. The van der Waals surface area contributed by atoms with Gasteiger partial charge in [-0.3, -0.25) is 4.79 Å². The van der Waals surface area contributed by atoms with Crippen LogP contribution in [0.1, 0.15) is 35.3 Å². The van der Waals surface area contributed by atoms with Crippen molar-refractivity contribution in [2.45, 2.75) is 33.1 Å². The molecule has 0 atom stereocenters. The molecule has 0 unspecified atom stereocenters. The molecule has 0 aliphatic carbocycles. The first-order chi connectivity index (χ1) is 10.5. The van der Waals surface area contributed by atoms with Crippen molar-refractivity contribution in [1.82, 2.24) is 5.32 Å². The molecule has 0 saturated carbocycles. The lowest BCUT2D eigenvalue weighted by Gasteiger charge is -2.09. The number of ether oxygens (including phenoxy) is 1. The van der Waals surface area contributed by atoms with E-state index in [9.17, 15) is 4.79 Å². The zero-order valence-electron chi connectivity index (χ0n) is 12.8. The van der Waals surface area contributed by atoms with Gasteiger partial charge in [0, 0.05) is 16.6 Å². The Balaban J connectivity index is 1.87. The summed E-state index contributed by atoms with van der Waals surface area (Å²) >= 11 is 3.37. The summed E-state index contributed by atoms with van der Waals surface area (Å²) in [5.74, 6) is -0.0754. The lowest BCUT2D eigenvalue weighted by atomic mass is 10.1. The summed E-state index contributed by atoms with van der Waals surface area (Å²) in [7, 11) is 0. The standard InChI is InChI=1S/C18H20BrNO2/c1-13(2)22-12-15-8-6-14(7-9-15)11-20-18(21)16-4-3-5-17(19)10-16/h3-10,13H,11-12H2,1-2H3,(H,20,21). The van der Waals surface area contributed by atoms with Crippen LogP contribution < -0.4 is 5.32 Å². The van der Waals surface area contributed by atoms with E-state index in [1.807, 2.05) is 56.3 Å². The molecule has 0 spiro atoms. The highest BCUT2D eigenvalue weighted by Gasteiger charge is 2.05. The van der Waals surface area contributed by atoms with Crippen LogP contribution in [-0.2, 0) is 17.9 Å². The monoisotopic (exact) mass is 361 g/mol. The Morgan fingerprint density at radius 3 is 2.45 bits per heavy atom. The second-order valence-electron chi connectivity index (χ2n) is 5.37. The number of benzene rings is 2. The Kier molecular flexibility index (Phi) is 6.16. The molecule has 0 heterocycles. The summed E-state index contributed by atoms with van der Waals surface area (Å²) in [5.41, 5.74) is 2.85. The van der Waals surface area contributed by atoms with Crippen molar-refractivity contribution in [3.63, 3.8) is 0 Å². The number of amides is 1. The fourth-order valence-electron chi connectivity index (χ4n) is 1.93. The van der Waals surface area contributed by atoms with Crippen LogP contribution in [0, 0.1) is 0 Å². The van der Waals surface area contributed by atoms with E-state index in [4.69, 9.17) is 4.74 Å². The molecule has 1 N–H and O–H groups in total. The quantitative estimate of drug-likeness (QED) is 0.832. The molecule has 0 radical (unpaired) electrons. The predicted molar refractivity (Wildman–Crippen MR) is 91.7 cm³/mol. The van der Waals surface area contributed by atoms with E-state index in [1.165, 1.54) is 0 Å². The maximum atomic E-state index is 12.1. The van der Waals surface area contributed by atoms with Gasteiger partial charge in [0.2, 0.25) is 0 Å². The number of hydrogen-bond acceptors (Lipinski definition) is 2. The van der Waals surface area contributed by atoms with E-state index in [-0.39, 0.29) is 12.0 Å². The molecule has 116 valence electrons. The van der Waals surface area contributed by atoms with Gasteiger partial charge in [0.15, 0.2) is 0 Å². The van der Waals surface area contributed by atoms with Crippen LogP contribution in [0.2, 0.25) is 0 Å². The topological polar surface area (TPSA) is 38.3 Å². The number of halogens is 1. The van der Waals surface area contributed by atoms with Crippen LogP contribution in [0.5, 0.6) is 0 Å². The van der Waals surface area contributed by atoms with Crippen LogP contribution in [0.3, 0.4) is 0 Å². The van der Waals surface area contributed by atoms with Crippen molar-refractivity contribution >= 4 is 21.8 Å². The average Bonchev–Trinajstić information content (AvgIpc) is 2.51. The van der Waals surface area contributed by atoms with Crippen molar-refractivity contribution in [2.75, 3.05) is 0 Å². The van der Waals surface area contributed by atoms with Gasteiger partial charge in [0.1, 0.15) is 0 Å². The molecular weight excluding hydrogens is 342 g/mol. The molecule has 3 nitrogen and oxygen atoms in total. The molecule has 0 bridgehead atoms. The first kappa shape index (κ1) is 16.7. The molecule has 2 aromatic rings. The van der Waals surface area contributed by atoms with E-state index in [0.29, 0.717) is 18.7 Å². The van der Waals surface area contributed by atoms with E-state index >= 15 is 0 Å². The van der Waals surface area contributed by atoms with E-state index in [1.54, 1.807) is 6.07 Å². The molecule has 22 heavy (non-hydrogen) atoms. The number of carbonyl (C=O) groups is 1. The third-order valence-corrected chi connectivity index (χ3v) is 3.64. The van der Waals surface area contributed by atoms with Gasteiger partial charge in [0.05, 0.1) is 12.7 Å². The highest BCUT2D eigenvalue weighted by Crippen LogP contribution is 2.12. The van der Waals surface area contributed by atoms with Crippen LogP contribution in [0.25, 0.3) is 0 Å². The Labute approximate surface area is 139 Å². The fraction of sp³-hybridized carbons (Fsp3) is 0.278. The van der Waals surface area contributed by atoms with Crippen LogP contribution >= 0.6 is 15.9 Å². The SMILES string of the molecule is CC(C)OCc1ccc(CNC(=O)c2cccc(Br)c2)cc1. The smallest absolute Gasteiger partial charge is 0.251 e. The maximum Gasteiger partial charge on any atom is 0.251 e. The van der Waals surface area contributed by atoms with E-state index in [0.717, 1.165) is 15.6 Å². The Hall–Kier alpha value is -1.65. The molecule has 4 heteroatoms. The molecule has 0 saturated heterocycles. The van der Waals surface area contributed by atoms with Gasteiger partial charge in [-0.2, -0.15) is 0 Å². The van der Waals surface area contributed by atoms with E-state index < -0.39 is 0 Å². The second-order valence-corrected chi connectivity index (χ2v) is 6.28. The van der Waals surface area contributed by atoms with Crippen molar-refractivity contribution < 1.29 is 9.53 Å².